The highest BCUT2D eigenvalue weighted by molar-refractivity contribution is 5.80. The van der Waals surface area contributed by atoms with E-state index < -0.39 is 0 Å². The Morgan fingerprint density at radius 2 is 1.90 bits per heavy atom. The number of anilines is 1. The van der Waals surface area contributed by atoms with Gasteiger partial charge in [0.1, 0.15) is 6.04 Å². The normalized spacial score (nSPS) is 17.8. The van der Waals surface area contributed by atoms with Gasteiger partial charge in [-0.15, -0.1) is 0 Å². The summed E-state index contributed by atoms with van der Waals surface area (Å²) in [7, 11) is 0. The van der Waals surface area contributed by atoms with Gasteiger partial charge in [0.15, 0.2) is 0 Å². The zero-order valence-electron chi connectivity index (χ0n) is 13.2. The summed E-state index contributed by atoms with van der Waals surface area (Å²) in [4.78, 5) is 12.4. The van der Waals surface area contributed by atoms with Gasteiger partial charge in [0.25, 0.3) is 0 Å². The average molecular weight is 289 g/mol. The van der Waals surface area contributed by atoms with Gasteiger partial charge in [-0.1, -0.05) is 43.9 Å². The molecule has 0 aromatic heterocycles. The fourth-order valence-electron chi connectivity index (χ4n) is 3.15. The van der Waals surface area contributed by atoms with Crippen molar-refractivity contribution in [1.29, 1.82) is 0 Å². The van der Waals surface area contributed by atoms with Crippen LogP contribution in [0.25, 0.3) is 0 Å². The largest absolute Gasteiger partial charge is 0.464 e. The molecule has 1 aromatic rings. The first-order chi connectivity index (χ1) is 10.2. The van der Waals surface area contributed by atoms with Gasteiger partial charge in [0.2, 0.25) is 0 Å². The number of ether oxygens (including phenoxy) is 1. The summed E-state index contributed by atoms with van der Waals surface area (Å²) in [6.45, 7) is 4.38. The van der Waals surface area contributed by atoms with E-state index in [1.807, 2.05) is 25.1 Å². The molecule has 0 amide bonds. The van der Waals surface area contributed by atoms with Gasteiger partial charge in [0.05, 0.1) is 6.61 Å². The topological polar surface area (TPSA) is 38.3 Å². The predicted molar refractivity (Wildman–Crippen MR) is 86.4 cm³/mol. The molecular weight excluding hydrogens is 262 g/mol. The summed E-state index contributed by atoms with van der Waals surface area (Å²) in [6.07, 6.45) is 7.24. The second-order valence-corrected chi connectivity index (χ2v) is 5.94. The molecule has 1 aromatic carbocycles. The first-order valence-corrected chi connectivity index (χ1v) is 8.21. The number of hydrogen-bond acceptors (Lipinski definition) is 3. The summed E-state index contributed by atoms with van der Waals surface area (Å²) in [5, 5.41) is 3.45. The molecule has 116 valence electrons. The number of carbonyl (C=O) groups is 1. The van der Waals surface area contributed by atoms with Gasteiger partial charge in [-0.3, -0.25) is 0 Å². The number of rotatable bonds is 5. The van der Waals surface area contributed by atoms with Gasteiger partial charge in [-0.05, 0) is 44.2 Å². The van der Waals surface area contributed by atoms with Crippen LogP contribution in [-0.2, 0) is 9.53 Å². The molecule has 1 aliphatic rings. The lowest BCUT2D eigenvalue weighted by Crippen LogP contribution is -2.38. The number of esters is 1. The van der Waals surface area contributed by atoms with Gasteiger partial charge < -0.3 is 10.1 Å². The van der Waals surface area contributed by atoms with Crippen LogP contribution < -0.4 is 5.32 Å². The maximum absolute atomic E-state index is 12.4. The Balaban J connectivity index is 2.15. The molecule has 0 radical (unpaired) electrons. The van der Waals surface area contributed by atoms with Gasteiger partial charge in [-0.25, -0.2) is 4.79 Å². The number of benzene rings is 1. The maximum atomic E-state index is 12.4. The summed E-state index contributed by atoms with van der Waals surface area (Å²) in [5.41, 5.74) is 2.21. The molecule has 0 heterocycles. The van der Waals surface area contributed by atoms with E-state index >= 15 is 0 Å². The Hall–Kier alpha value is -1.51. The van der Waals surface area contributed by atoms with E-state index in [4.69, 9.17) is 4.74 Å². The smallest absolute Gasteiger partial charge is 0.328 e. The summed E-state index contributed by atoms with van der Waals surface area (Å²) in [5.74, 6) is 0.277. The number of carbonyl (C=O) groups excluding carboxylic acids is 1. The van der Waals surface area contributed by atoms with Crippen molar-refractivity contribution in [1.82, 2.24) is 0 Å². The van der Waals surface area contributed by atoms with Crippen LogP contribution in [0.4, 0.5) is 5.69 Å². The molecule has 1 fully saturated rings. The highest BCUT2D eigenvalue weighted by Crippen LogP contribution is 2.28. The minimum absolute atomic E-state index is 0.104. The van der Waals surface area contributed by atoms with Crippen molar-refractivity contribution in [2.24, 2.45) is 5.92 Å². The molecule has 3 nitrogen and oxygen atoms in total. The maximum Gasteiger partial charge on any atom is 0.328 e. The van der Waals surface area contributed by atoms with Crippen molar-refractivity contribution in [3.63, 3.8) is 0 Å². The fraction of sp³-hybridized carbons (Fsp3) is 0.611. The second kappa shape index (κ2) is 8.06. The average Bonchev–Trinajstić information content (AvgIpc) is 2.75. The van der Waals surface area contributed by atoms with Gasteiger partial charge >= 0.3 is 5.97 Å². The molecule has 0 bridgehead atoms. The number of aryl methyl sites for hydroxylation is 1. The quantitative estimate of drug-likeness (QED) is 0.648. The Kier molecular flexibility index (Phi) is 6.09. The Morgan fingerprint density at radius 1 is 1.24 bits per heavy atom. The molecule has 0 spiro atoms. The lowest BCUT2D eigenvalue weighted by atomic mass is 9.91. The molecule has 1 unspecified atom stereocenters. The van der Waals surface area contributed by atoms with Crippen molar-refractivity contribution in [2.75, 3.05) is 11.9 Å². The molecule has 2 rings (SSSR count). The van der Waals surface area contributed by atoms with E-state index in [1.165, 1.54) is 31.2 Å². The molecule has 1 N–H and O–H groups in total. The third-order valence-electron chi connectivity index (χ3n) is 4.37. The number of hydrogen-bond donors (Lipinski definition) is 1. The standard InChI is InChI=1S/C18H27NO2/c1-3-21-18(20)17(15-11-6-4-5-7-12-15)19-16-13-9-8-10-14(16)2/h8-10,13,15,17,19H,3-7,11-12H2,1-2H3. The van der Waals surface area contributed by atoms with Crippen LogP contribution >= 0.6 is 0 Å². The lowest BCUT2D eigenvalue weighted by Gasteiger charge is -2.27. The molecule has 3 heteroatoms. The molecule has 1 atom stereocenters. The van der Waals surface area contributed by atoms with E-state index in [0.717, 1.165) is 18.5 Å². The summed E-state index contributed by atoms with van der Waals surface area (Å²) in [6, 6.07) is 7.91. The van der Waals surface area contributed by atoms with E-state index in [-0.39, 0.29) is 12.0 Å². The van der Waals surface area contributed by atoms with E-state index in [2.05, 4.69) is 18.3 Å². The van der Waals surface area contributed by atoms with Crippen molar-refractivity contribution in [2.45, 2.75) is 58.4 Å². The SMILES string of the molecule is CCOC(=O)C(Nc1ccccc1C)C1CCCCCC1. The van der Waals surface area contributed by atoms with Crippen LogP contribution in [-0.4, -0.2) is 18.6 Å². The minimum Gasteiger partial charge on any atom is -0.464 e. The third kappa shape index (κ3) is 4.48. The third-order valence-corrected chi connectivity index (χ3v) is 4.37. The van der Waals surface area contributed by atoms with E-state index in [9.17, 15) is 4.79 Å². The van der Waals surface area contributed by atoms with Crippen molar-refractivity contribution >= 4 is 11.7 Å². The zero-order valence-corrected chi connectivity index (χ0v) is 13.2. The first kappa shape index (κ1) is 15.9. The molecule has 0 saturated heterocycles. The van der Waals surface area contributed by atoms with Crippen LogP contribution in [0.2, 0.25) is 0 Å². The summed E-state index contributed by atoms with van der Waals surface area (Å²) >= 11 is 0. The molecule has 21 heavy (non-hydrogen) atoms. The van der Waals surface area contributed by atoms with E-state index in [0.29, 0.717) is 12.5 Å². The minimum atomic E-state index is -0.218. The Morgan fingerprint density at radius 3 is 2.52 bits per heavy atom. The predicted octanol–water partition coefficient (Wildman–Crippen LogP) is 4.31. The van der Waals surface area contributed by atoms with Crippen LogP contribution in [0.3, 0.4) is 0 Å². The van der Waals surface area contributed by atoms with Gasteiger partial charge in [0, 0.05) is 5.69 Å². The Bertz CT molecular complexity index is 450. The first-order valence-electron chi connectivity index (χ1n) is 8.21. The van der Waals surface area contributed by atoms with Crippen LogP contribution in [0, 0.1) is 12.8 Å². The van der Waals surface area contributed by atoms with Crippen LogP contribution in [0.5, 0.6) is 0 Å². The second-order valence-electron chi connectivity index (χ2n) is 5.94. The zero-order chi connectivity index (χ0) is 15.1. The van der Waals surface area contributed by atoms with Gasteiger partial charge in [-0.2, -0.15) is 0 Å². The lowest BCUT2D eigenvalue weighted by molar-refractivity contribution is -0.145. The van der Waals surface area contributed by atoms with Crippen molar-refractivity contribution < 1.29 is 9.53 Å². The van der Waals surface area contributed by atoms with Crippen LogP contribution in [0.1, 0.15) is 51.0 Å². The Labute approximate surface area is 128 Å². The van der Waals surface area contributed by atoms with E-state index in [1.54, 1.807) is 0 Å². The monoisotopic (exact) mass is 289 g/mol. The molecule has 0 aliphatic heterocycles. The van der Waals surface area contributed by atoms with Crippen molar-refractivity contribution in [3.8, 4) is 0 Å². The summed E-state index contributed by atoms with van der Waals surface area (Å²) < 4.78 is 5.31. The fourth-order valence-corrected chi connectivity index (χ4v) is 3.15. The highest BCUT2D eigenvalue weighted by Gasteiger charge is 2.30. The van der Waals surface area contributed by atoms with Crippen LogP contribution in [0.15, 0.2) is 24.3 Å². The molecular formula is C18H27NO2. The molecule has 1 aliphatic carbocycles. The molecule has 1 saturated carbocycles. The number of para-hydroxylation sites is 1. The van der Waals surface area contributed by atoms with Crippen molar-refractivity contribution in [3.05, 3.63) is 29.8 Å². The number of nitrogens with one attached hydrogen (secondary N) is 1. The highest BCUT2D eigenvalue weighted by atomic mass is 16.5.